The van der Waals surface area contributed by atoms with Crippen LogP contribution in [0.5, 0.6) is 0 Å². The van der Waals surface area contributed by atoms with Crippen molar-refractivity contribution in [3.05, 3.63) is 39.9 Å². The van der Waals surface area contributed by atoms with E-state index < -0.39 is 17.1 Å². The van der Waals surface area contributed by atoms with Crippen molar-refractivity contribution >= 4 is 5.69 Å². The van der Waals surface area contributed by atoms with Crippen molar-refractivity contribution < 1.29 is 15.1 Å². The van der Waals surface area contributed by atoms with E-state index in [1.54, 1.807) is 19.0 Å². The van der Waals surface area contributed by atoms with E-state index in [1.807, 2.05) is 0 Å². The highest BCUT2D eigenvalue weighted by Crippen LogP contribution is 2.22. The molecule has 6 heteroatoms. The Labute approximate surface area is 99.3 Å². The molecule has 0 heterocycles. The van der Waals surface area contributed by atoms with Gasteiger partial charge in [-0.3, -0.25) is 10.1 Å². The maximum Gasteiger partial charge on any atom is 0.269 e. The molecule has 0 amide bonds. The molecule has 0 fully saturated rings. The van der Waals surface area contributed by atoms with Crippen LogP contribution in [0.15, 0.2) is 24.3 Å². The van der Waals surface area contributed by atoms with Crippen LogP contribution in [0.2, 0.25) is 0 Å². The summed E-state index contributed by atoms with van der Waals surface area (Å²) < 4.78 is 0. The fraction of sp³-hybridized carbons (Fsp3) is 0.455. The Hall–Kier alpha value is -1.50. The van der Waals surface area contributed by atoms with Crippen LogP contribution >= 0.6 is 0 Å². The van der Waals surface area contributed by atoms with Crippen LogP contribution in [0.25, 0.3) is 0 Å². The van der Waals surface area contributed by atoms with Gasteiger partial charge >= 0.3 is 0 Å². The summed E-state index contributed by atoms with van der Waals surface area (Å²) in [5, 5.41) is 29.6. The van der Waals surface area contributed by atoms with E-state index in [9.17, 15) is 15.2 Å². The van der Waals surface area contributed by atoms with Crippen LogP contribution in [0, 0.1) is 10.1 Å². The van der Waals surface area contributed by atoms with Crippen LogP contribution in [0.1, 0.15) is 11.7 Å². The molecule has 94 valence electrons. The summed E-state index contributed by atoms with van der Waals surface area (Å²) in [6.45, 7) is -0.189. The molecule has 0 saturated heterocycles. The lowest BCUT2D eigenvalue weighted by molar-refractivity contribution is -0.384. The number of benzene rings is 1. The molecule has 6 nitrogen and oxygen atoms in total. The number of nitro benzene ring substituents is 1. The summed E-state index contributed by atoms with van der Waals surface area (Å²) >= 11 is 0. The van der Waals surface area contributed by atoms with Gasteiger partial charge < -0.3 is 15.1 Å². The normalized spacial score (nSPS) is 14.6. The smallest absolute Gasteiger partial charge is 0.269 e. The van der Waals surface area contributed by atoms with E-state index in [0.717, 1.165) is 0 Å². The van der Waals surface area contributed by atoms with Crippen molar-refractivity contribution in [2.24, 2.45) is 0 Å². The molecule has 1 aromatic rings. The number of hydrogen-bond acceptors (Lipinski definition) is 5. The van der Waals surface area contributed by atoms with Crippen molar-refractivity contribution in [2.75, 3.05) is 20.7 Å². The number of nitro groups is 1. The average Bonchev–Trinajstić information content (AvgIpc) is 2.29. The number of aliphatic hydroxyl groups is 2. The van der Waals surface area contributed by atoms with Crippen molar-refractivity contribution in [1.29, 1.82) is 0 Å². The molecule has 2 atom stereocenters. The summed E-state index contributed by atoms with van der Waals surface area (Å²) in [7, 11) is 3.49. The first-order valence-electron chi connectivity index (χ1n) is 5.17. The average molecular weight is 240 g/mol. The highest BCUT2D eigenvalue weighted by Gasteiger charge is 2.22. The van der Waals surface area contributed by atoms with Gasteiger partial charge in [-0.05, 0) is 31.8 Å². The second-order valence-corrected chi connectivity index (χ2v) is 4.01. The number of aliphatic hydroxyl groups excluding tert-OH is 2. The van der Waals surface area contributed by atoms with Gasteiger partial charge in [0.05, 0.1) is 23.7 Å². The number of hydrogen-bond donors (Lipinski definition) is 2. The molecule has 17 heavy (non-hydrogen) atoms. The molecule has 1 aromatic carbocycles. The molecule has 0 radical (unpaired) electrons. The van der Waals surface area contributed by atoms with Gasteiger partial charge in [0, 0.05) is 12.1 Å². The molecule has 0 aliphatic heterocycles. The van der Waals surface area contributed by atoms with Crippen LogP contribution < -0.4 is 0 Å². The van der Waals surface area contributed by atoms with Crippen LogP contribution in [-0.4, -0.2) is 46.8 Å². The van der Waals surface area contributed by atoms with E-state index in [2.05, 4.69) is 0 Å². The summed E-state index contributed by atoms with van der Waals surface area (Å²) in [4.78, 5) is 11.7. The number of nitrogens with zero attached hydrogens (tertiary/aromatic N) is 2. The zero-order valence-electron chi connectivity index (χ0n) is 9.78. The summed E-state index contributed by atoms with van der Waals surface area (Å²) in [6, 6.07) is 5.23. The van der Waals surface area contributed by atoms with Gasteiger partial charge in [-0.2, -0.15) is 0 Å². The third-order valence-corrected chi connectivity index (χ3v) is 2.66. The second kappa shape index (κ2) is 5.72. The minimum atomic E-state index is -0.879. The first kappa shape index (κ1) is 13.6. The quantitative estimate of drug-likeness (QED) is 0.579. The van der Waals surface area contributed by atoms with Gasteiger partial charge in [0.15, 0.2) is 0 Å². The molecule has 0 spiro atoms. The first-order chi connectivity index (χ1) is 7.97. The fourth-order valence-corrected chi connectivity index (χ4v) is 1.56. The van der Waals surface area contributed by atoms with Gasteiger partial charge in [-0.15, -0.1) is 0 Å². The molecule has 0 saturated carbocycles. The number of likely N-dealkylation sites (N-methyl/N-ethyl adjacent to an activating group) is 1. The maximum atomic E-state index is 10.5. The third kappa shape index (κ3) is 3.23. The Morgan fingerprint density at radius 3 is 2.24 bits per heavy atom. The Morgan fingerprint density at radius 1 is 1.35 bits per heavy atom. The molecule has 0 bridgehead atoms. The molecular weight excluding hydrogens is 224 g/mol. The largest absolute Gasteiger partial charge is 0.395 e. The molecule has 1 rings (SSSR count). The summed E-state index contributed by atoms with van der Waals surface area (Å²) in [6.07, 6.45) is -0.879. The fourth-order valence-electron chi connectivity index (χ4n) is 1.56. The van der Waals surface area contributed by atoms with E-state index >= 15 is 0 Å². The van der Waals surface area contributed by atoms with E-state index in [-0.39, 0.29) is 12.3 Å². The van der Waals surface area contributed by atoms with Gasteiger partial charge in [-0.25, -0.2) is 0 Å². The molecule has 2 unspecified atom stereocenters. The van der Waals surface area contributed by atoms with Gasteiger partial charge in [-0.1, -0.05) is 0 Å². The molecule has 0 aromatic heterocycles. The molecule has 0 aliphatic carbocycles. The highest BCUT2D eigenvalue weighted by atomic mass is 16.6. The monoisotopic (exact) mass is 240 g/mol. The predicted molar refractivity (Wildman–Crippen MR) is 62.6 cm³/mol. The topological polar surface area (TPSA) is 86.8 Å². The van der Waals surface area contributed by atoms with Crippen molar-refractivity contribution in [3.63, 3.8) is 0 Å². The van der Waals surface area contributed by atoms with Crippen LogP contribution in [0.4, 0.5) is 5.69 Å². The summed E-state index contributed by atoms with van der Waals surface area (Å²) in [5.74, 6) is 0. The van der Waals surface area contributed by atoms with Crippen LogP contribution in [0.3, 0.4) is 0 Å². The standard InChI is InChI=1S/C11H16N2O4/c1-12(2)10(7-14)11(15)8-3-5-9(6-4-8)13(16)17/h3-6,10-11,14-15H,7H2,1-2H3. The summed E-state index contributed by atoms with van der Waals surface area (Å²) in [5.41, 5.74) is 0.523. The Kier molecular flexibility index (Phi) is 4.56. The lowest BCUT2D eigenvalue weighted by Crippen LogP contribution is -2.37. The number of non-ortho nitro benzene ring substituents is 1. The Balaban J connectivity index is 2.88. The predicted octanol–water partition coefficient (Wildman–Crippen LogP) is 0.551. The number of rotatable bonds is 5. The van der Waals surface area contributed by atoms with Gasteiger partial charge in [0.2, 0.25) is 0 Å². The minimum Gasteiger partial charge on any atom is -0.395 e. The van der Waals surface area contributed by atoms with Gasteiger partial charge in [0.25, 0.3) is 5.69 Å². The lowest BCUT2D eigenvalue weighted by Gasteiger charge is -2.27. The van der Waals surface area contributed by atoms with Crippen molar-refractivity contribution in [2.45, 2.75) is 12.1 Å². The SMILES string of the molecule is CN(C)C(CO)C(O)c1ccc([N+](=O)[O-])cc1. The van der Waals surface area contributed by atoms with Gasteiger partial charge in [0.1, 0.15) is 0 Å². The maximum absolute atomic E-state index is 10.5. The zero-order valence-corrected chi connectivity index (χ0v) is 9.78. The minimum absolute atomic E-state index is 0.0219. The Bertz CT molecular complexity index is 378. The van der Waals surface area contributed by atoms with Crippen LogP contribution in [-0.2, 0) is 0 Å². The molecule has 2 N–H and O–H groups in total. The second-order valence-electron chi connectivity index (χ2n) is 4.01. The lowest BCUT2D eigenvalue weighted by atomic mass is 10.0. The zero-order chi connectivity index (χ0) is 13.0. The molecular formula is C11H16N2O4. The van der Waals surface area contributed by atoms with Crippen molar-refractivity contribution in [1.82, 2.24) is 4.90 Å². The van der Waals surface area contributed by atoms with E-state index in [4.69, 9.17) is 5.11 Å². The Morgan fingerprint density at radius 2 is 1.88 bits per heavy atom. The first-order valence-corrected chi connectivity index (χ1v) is 5.17. The highest BCUT2D eigenvalue weighted by molar-refractivity contribution is 5.34. The van der Waals surface area contributed by atoms with Crippen molar-refractivity contribution in [3.8, 4) is 0 Å². The van der Waals surface area contributed by atoms with E-state index in [0.29, 0.717) is 5.56 Å². The van der Waals surface area contributed by atoms with E-state index in [1.165, 1.54) is 24.3 Å². The third-order valence-electron chi connectivity index (χ3n) is 2.66. The molecule has 0 aliphatic rings.